The normalized spacial score (nSPS) is 16.1. The molecule has 2 atom stereocenters. The first-order valence-electron chi connectivity index (χ1n) is 5.87. The zero-order valence-electron chi connectivity index (χ0n) is 11.1. The highest BCUT2D eigenvalue weighted by atomic mass is 79.9. The van der Waals surface area contributed by atoms with Gasteiger partial charge in [-0.25, -0.2) is 0 Å². The zero-order valence-corrected chi connectivity index (χ0v) is 12.7. The Balaban J connectivity index is 3.10. The Kier molecular flexibility index (Phi) is 5.35. The number of carbonyl (C=O) groups excluding carboxylic acids is 1. The van der Waals surface area contributed by atoms with E-state index in [9.17, 15) is 4.79 Å². The van der Waals surface area contributed by atoms with Crippen molar-refractivity contribution in [2.45, 2.75) is 37.3 Å². The summed E-state index contributed by atoms with van der Waals surface area (Å²) in [6.07, 6.45) is -0.386. The first-order valence-corrected chi connectivity index (χ1v) is 6.66. The van der Waals surface area contributed by atoms with Gasteiger partial charge in [-0.3, -0.25) is 4.79 Å². The van der Waals surface area contributed by atoms with Crippen LogP contribution < -0.4 is 0 Å². The van der Waals surface area contributed by atoms with Crippen LogP contribution in [0.5, 0.6) is 0 Å². The first-order chi connectivity index (χ1) is 8.39. The molecule has 0 bridgehead atoms. The Morgan fingerprint density at radius 3 is 2.28 bits per heavy atom. The van der Waals surface area contributed by atoms with Gasteiger partial charge in [0.2, 0.25) is 0 Å². The Morgan fingerprint density at radius 1 is 1.28 bits per heavy atom. The smallest absolute Gasteiger partial charge is 0.325 e. The summed E-state index contributed by atoms with van der Waals surface area (Å²) in [6, 6.07) is 9.66. The molecule has 0 aliphatic heterocycles. The third-order valence-electron chi connectivity index (χ3n) is 2.59. The number of hydrogen-bond acceptors (Lipinski definition) is 3. The summed E-state index contributed by atoms with van der Waals surface area (Å²) in [7, 11) is 1.37. The van der Waals surface area contributed by atoms with E-state index in [2.05, 4.69) is 15.9 Å². The topological polar surface area (TPSA) is 35.5 Å². The summed E-state index contributed by atoms with van der Waals surface area (Å²) in [5.41, 5.74) is 0.941. The number of benzene rings is 1. The highest BCUT2D eigenvalue weighted by Gasteiger charge is 2.42. The molecule has 0 saturated heterocycles. The molecule has 0 spiro atoms. The molecule has 0 aliphatic carbocycles. The zero-order chi connectivity index (χ0) is 13.8. The highest BCUT2D eigenvalue weighted by Crippen LogP contribution is 2.38. The van der Waals surface area contributed by atoms with E-state index >= 15 is 0 Å². The molecule has 1 aromatic carbocycles. The number of alkyl halides is 1. The van der Waals surface area contributed by atoms with Crippen LogP contribution in [0.4, 0.5) is 0 Å². The van der Waals surface area contributed by atoms with Crippen LogP contribution in [0, 0.1) is 0 Å². The van der Waals surface area contributed by atoms with Gasteiger partial charge in [0.25, 0.3) is 0 Å². The summed E-state index contributed by atoms with van der Waals surface area (Å²) in [4.78, 5) is 11.9. The van der Waals surface area contributed by atoms with E-state index in [1.54, 1.807) is 6.92 Å². The fourth-order valence-electron chi connectivity index (χ4n) is 1.73. The molecule has 100 valence electrons. The van der Waals surface area contributed by atoms with Crippen LogP contribution >= 0.6 is 15.9 Å². The van der Waals surface area contributed by atoms with Crippen LogP contribution in [-0.2, 0) is 14.3 Å². The van der Waals surface area contributed by atoms with Gasteiger partial charge in [0.05, 0.1) is 13.2 Å². The van der Waals surface area contributed by atoms with Gasteiger partial charge in [-0.05, 0) is 26.3 Å². The standard InChI is InChI=1S/C14H19BrO3/c1-10(2)18-12(11-8-6-5-7-9-11)14(3,15)13(16)17-4/h5-10,12H,1-4H3/t12-,14-/m1/s1. The lowest BCUT2D eigenvalue weighted by Gasteiger charge is -2.31. The number of hydrogen-bond donors (Lipinski definition) is 0. The summed E-state index contributed by atoms with van der Waals surface area (Å²) < 4.78 is 9.80. The number of methoxy groups -OCH3 is 1. The van der Waals surface area contributed by atoms with Crippen molar-refractivity contribution in [2.75, 3.05) is 7.11 Å². The summed E-state index contributed by atoms with van der Waals surface area (Å²) >= 11 is 3.44. The molecule has 0 unspecified atom stereocenters. The molecule has 0 amide bonds. The third kappa shape index (κ3) is 3.56. The summed E-state index contributed by atoms with van der Waals surface area (Å²) in [6.45, 7) is 5.64. The molecule has 0 heterocycles. The number of halogens is 1. The largest absolute Gasteiger partial charge is 0.468 e. The van der Waals surface area contributed by atoms with E-state index in [-0.39, 0.29) is 12.1 Å². The van der Waals surface area contributed by atoms with Crippen molar-refractivity contribution in [3.05, 3.63) is 35.9 Å². The highest BCUT2D eigenvalue weighted by molar-refractivity contribution is 9.10. The van der Waals surface area contributed by atoms with Crippen LogP contribution in [-0.4, -0.2) is 23.5 Å². The molecular formula is C14H19BrO3. The molecular weight excluding hydrogens is 296 g/mol. The van der Waals surface area contributed by atoms with Gasteiger partial charge in [-0.15, -0.1) is 0 Å². The average Bonchev–Trinajstić information content (AvgIpc) is 2.35. The van der Waals surface area contributed by atoms with Crippen LogP contribution in [0.25, 0.3) is 0 Å². The van der Waals surface area contributed by atoms with Gasteiger partial charge in [-0.2, -0.15) is 0 Å². The van der Waals surface area contributed by atoms with Crippen molar-refractivity contribution in [1.82, 2.24) is 0 Å². The van der Waals surface area contributed by atoms with Gasteiger partial charge < -0.3 is 9.47 Å². The fraction of sp³-hybridized carbons (Fsp3) is 0.500. The molecule has 18 heavy (non-hydrogen) atoms. The molecule has 0 fully saturated rings. The van der Waals surface area contributed by atoms with E-state index in [0.29, 0.717) is 0 Å². The monoisotopic (exact) mass is 314 g/mol. The van der Waals surface area contributed by atoms with Crippen molar-refractivity contribution in [3.8, 4) is 0 Å². The second kappa shape index (κ2) is 6.34. The van der Waals surface area contributed by atoms with Crippen LogP contribution in [0.2, 0.25) is 0 Å². The van der Waals surface area contributed by atoms with Gasteiger partial charge in [0, 0.05) is 0 Å². The predicted molar refractivity (Wildman–Crippen MR) is 74.8 cm³/mol. The minimum atomic E-state index is -0.909. The minimum absolute atomic E-state index is 0.0109. The number of carbonyl (C=O) groups is 1. The minimum Gasteiger partial charge on any atom is -0.468 e. The second-order valence-corrected chi connectivity index (χ2v) is 6.19. The lowest BCUT2D eigenvalue weighted by atomic mass is 9.97. The lowest BCUT2D eigenvalue weighted by molar-refractivity contribution is -0.148. The first kappa shape index (κ1) is 15.2. The summed E-state index contributed by atoms with van der Waals surface area (Å²) in [5, 5.41) is 0. The Labute approximate surface area is 117 Å². The Morgan fingerprint density at radius 2 is 1.83 bits per heavy atom. The van der Waals surface area contributed by atoms with Crippen molar-refractivity contribution >= 4 is 21.9 Å². The maximum Gasteiger partial charge on any atom is 0.325 e. The van der Waals surface area contributed by atoms with Crippen molar-refractivity contribution in [2.24, 2.45) is 0 Å². The SMILES string of the molecule is COC(=O)[C@](C)(Br)[C@H](OC(C)C)c1ccccc1. The molecule has 0 radical (unpaired) electrons. The maximum atomic E-state index is 11.9. The van der Waals surface area contributed by atoms with Crippen molar-refractivity contribution in [3.63, 3.8) is 0 Å². The average molecular weight is 315 g/mol. The molecule has 0 saturated carbocycles. The molecule has 0 aliphatic rings. The van der Waals surface area contributed by atoms with Crippen LogP contribution in [0.1, 0.15) is 32.4 Å². The fourth-order valence-corrected chi connectivity index (χ4v) is 2.26. The molecule has 1 aromatic rings. The van der Waals surface area contributed by atoms with E-state index in [0.717, 1.165) is 5.56 Å². The Bertz CT molecular complexity index is 387. The molecule has 0 aromatic heterocycles. The van der Waals surface area contributed by atoms with Gasteiger partial charge >= 0.3 is 5.97 Å². The number of esters is 1. The number of ether oxygens (including phenoxy) is 2. The van der Waals surface area contributed by atoms with E-state index in [4.69, 9.17) is 9.47 Å². The summed E-state index contributed by atoms with van der Waals surface area (Å²) in [5.74, 6) is -0.350. The molecule has 4 heteroatoms. The van der Waals surface area contributed by atoms with Crippen molar-refractivity contribution in [1.29, 1.82) is 0 Å². The van der Waals surface area contributed by atoms with Gasteiger partial charge in [-0.1, -0.05) is 46.3 Å². The third-order valence-corrected chi connectivity index (χ3v) is 3.33. The number of rotatable bonds is 5. The quantitative estimate of drug-likeness (QED) is 0.616. The van der Waals surface area contributed by atoms with Crippen LogP contribution in [0.3, 0.4) is 0 Å². The predicted octanol–water partition coefficient (Wildman–Crippen LogP) is 3.48. The lowest BCUT2D eigenvalue weighted by Crippen LogP contribution is -2.39. The van der Waals surface area contributed by atoms with E-state index in [1.165, 1.54) is 7.11 Å². The van der Waals surface area contributed by atoms with Crippen LogP contribution in [0.15, 0.2) is 30.3 Å². The molecule has 0 N–H and O–H groups in total. The van der Waals surface area contributed by atoms with Crippen molar-refractivity contribution < 1.29 is 14.3 Å². The molecule has 3 nitrogen and oxygen atoms in total. The van der Waals surface area contributed by atoms with E-state index in [1.807, 2.05) is 44.2 Å². The Hall–Kier alpha value is -0.870. The molecule has 1 rings (SSSR count). The van der Waals surface area contributed by atoms with Gasteiger partial charge in [0.1, 0.15) is 6.10 Å². The van der Waals surface area contributed by atoms with E-state index < -0.39 is 10.4 Å². The van der Waals surface area contributed by atoms with Gasteiger partial charge in [0.15, 0.2) is 4.32 Å². The second-order valence-electron chi connectivity index (χ2n) is 4.54. The maximum absolute atomic E-state index is 11.9.